The Morgan fingerprint density at radius 2 is 2.30 bits per heavy atom. The lowest BCUT2D eigenvalue weighted by atomic mass is 10.5. The van der Waals surface area contributed by atoms with E-state index in [0.29, 0.717) is 35.0 Å². The first-order valence-electron chi connectivity index (χ1n) is 5.90. The summed E-state index contributed by atoms with van der Waals surface area (Å²) in [5.41, 5.74) is 1.11. The summed E-state index contributed by atoms with van der Waals surface area (Å²) >= 11 is 5.19. The molecule has 0 atom stereocenters. The van der Waals surface area contributed by atoms with Gasteiger partial charge in [0.1, 0.15) is 18.4 Å². The lowest BCUT2D eigenvalue weighted by Crippen LogP contribution is -2.30. The van der Waals surface area contributed by atoms with Gasteiger partial charge in [0.25, 0.3) is 0 Å². The molecule has 0 aliphatic heterocycles. The van der Waals surface area contributed by atoms with Crippen molar-refractivity contribution in [1.82, 2.24) is 24.8 Å². The summed E-state index contributed by atoms with van der Waals surface area (Å²) in [6, 6.07) is 0. The van der Waals surface area contributed by atoms with Gasteiger partial charge in [-0.2, -0.15) is 4.98 Å². The molecule has 8 nitrogen and oxygen atoms in total. The molecule has 2 rings (SSSR count). The Kier molecular flexibility index (Phi) is 4.64. The van der Waals surface area contributed by atoms with Crippen LogP contribution in [0.1, 0.15) is 0 Å². The van der Waals surface area contributed by atoms with Gasteiger partial charge in [-0.3, -0.25) is 9.36 Å². The van der Waals surface area contributed by atoms with Gasteiger partial charge in [-0.1, -0.05) is 0 Å². The number of aromatic nitrogens is 4. The highest BCUT2D eigenvalue weighted by Crippen LogP contribution is 2.19. The van der Waals surface area contributed by atoms with E-state index in [9.17, 15) is 4.79 Å². The zero-order valence-corrected chi connectivity index (χ0v) is 12.0. The predicted octanol–water partition coefficient (Wildman–Crippen LogP) is 0.260. The Morgan fingerprint density at radius 3 is 3.00 bits per heavy atom. The first kappa shape index (κ1) is 14.4. The van der Waals surface area contributed by atoms with Crippen LogP contribution in [0.4, 0.5) is 0 Å². The van der Waals surface area contributed by atoms with Gasteiger partial charge >= 0.3 is 0 Å². The third-order valence-corrected chi connectivity index (χ3v) is 2.97. The number of amides is 1. The zero-order chi connectivity index (χ0) is 14.5. The Morgan fingerprint density at radius 1 is 1.50 bits per heavy atom. The molecule has 108 valence electrons. The number of ether oxygens (including phenoxy) is 2. The van der Waals surface area contributed by atoms with Crippen molar-refractivity contribution in [1.29, 1.82) is 0 Å². The van der Waals surface area contributed by atoms with Crippen LogP contribution >= 0.6 is 12.2 Å². The Labute approximate surface area is 120 Å². The van der Waals surface area contributed by atoms with Crippen LogP contribution in [0.3, 0.4) is 0 Å². The quantitative estimate of drug-likeness (QED) is 0.587. The second-order valence-corrected chi connectivity index (χ2v) is 4.33. The Bertz CT molecular complexity index is 666. The van der Waals surface area contributed by atoms with Crippen LogP contribution in [0.25, 0.3) is 11.2 Å². The number of imidazole rings is 1. The maximum Gasteiger partial charge on any atom is 0.242 e. The topological polar surface area (TPSA) is 94.1 Å². The number of hydrogen-bond acceptors (Lipinski definition) is 6. The number of rotatable bonds is 6. The monoisotopic (exact) mass is 297 g/mol. The van der Waals surface area contributed by atoms with Crippen LogP contribution < -0.4 is 10.1 Å². The molecule has 0 bridgehead atoms. The molecule has 1 amide bonds. The molecule has 2 heterocycles. The number of carbonyl (C=O) groups excluding carboxylic acids is 1. The number of H-pyrrole nitrogens is 1. The van der Waals surface area contributed by atoms with Crippen molar-refractivity contribution >= 4 is 29.3 Å². The summed E-state index contributed by atoms with van der Waals surface area (Å²) in [6.07, 6.45) is 1.36. The Hall–Kier alpha value is -2.00. The van der Waals surface area contributed by atoms with E-state index in [-0.39, 0.29) is 12.5 Å². The Balaban J connectivity index is 2.24. The fraction of sp³-hybridized carbons (Fsp3) is 0.455. The van der Waals surface area contributed by atoms with E-state index in [1.165, 1.54) is 13.4 Å². The molecule has 2 aromatic rings. The summed E-state index contributed by atoms with van der Waals surface area (Å²) in [5, 5.41) is 2.72. The van der Waals surface area contributed by atoms with Crippen LogP contribution in [0, 0.1) is 4.77 Å². The molecule has 2 N–H and O–H groups in total. The fourth-order valence-electron chi connectivity index (χ4n) is 1.74. The molecule has 20 heavy (non-hydrogen) atoms. The second-order valence-electron chi connectivity index (χ2n) is 3.94. The molecule has 0 unspecified atom stereocenters. The standard InChI is InChI=1S/C11H15N5O3S/c1-18-4-3-12-7(17)5-16-9-8(15-11(16)20)10(19-2)14-6-13-9/h6H,3-5H2,1-2H3,(H,12,17)(H,15,20). The summed E-state index contributed by atoms with van der Waals surface area (Å²) in [5.74, 6) is 0.219. The van der Waals surface area contributed by atoms with Crippen molar-refractivity contribution in [3.05, 3.63) is 11.1 Å². The van der Waals surface area contributed by atoms with Gasteiger partial charge in [-0.25, -0.2) is 4.98 Å². The fourth-order valence-corrected chi connectivity index (χ4v) is 1.99. The lowest BCUT2D eigenvalue weighted by Gasteiger charge is -2.06. The van der Waals surface area contributed by atoms with Gasteiger partial charge in [0.05, 0.1) is 13.7 Å². The van der Waals surface area contributed by atoms with Crippen LogP contribution in [-0.4, -0.2) is 52.8 Å². The average Bonchev–Trinajstić information content (AvgIpc) is 2.75. The van der Waals surface area contributed by atoms with Crippen molar-refractivity contribution in [3.63, 3.8) is 0 Å². The summed E-state index contributed by atoms with van der Waals surface area (Å²) in [7, 11) is 3.08. The van der Waals surface area contributed by atoms with Crippen molar-refractivity contribution in [2.75, 3.05) is 27.4 Å². The molecule has 0 saturated heterocycles. The van der Waals surface area contributed by atoms with E-state index in [2.05, 4.69) is 20.3 Å². The molecule has 0 fully saturated rings. The van der Waals surface area contributed by atoms with E-state index in [1.807, 2.05) is 0 Å². The normalized spacial score (nSPS) is 10.7. The van der Waals surface area contributed by atoms with Crippen LogP contribution in [0.5, 0.6) is 5.88 Å². The highest BCUT2D eigenvalue weighted by Gasteiger charge is 2.13. The minimum Gasteiger partial charge on any atom is -0.479 e. The maximum absolute atomic E-state index is 11.8. The van der Waals surface area contributed by atoms with Gasteiger partial charge in [-0.15, -0.1) is 0 Å². The van der Waals surface area contributed by atoms with Crippen molar-refractivity contribution < 1.29 is 14.3 Å². The van der Waals surface area contributed by atoms with E-state index >= 15 is 0 Å². The van der Waals surface area contributed by atoms with Crippen molar-refractivity contribution in [2.45, 2.75) is 6.54 Å². The number of aromatic amines is 1. The smallest absolute Gasteiger partial charge is 0.242 e. The molecule has 0 spiro atoms. The molecular formula is C11H15N5O3S. The van der Waals surface area contributed by atoms with Gasteiger partial charge < -0.3 is 19.8 Å². The predicted molar refractivity (Wildman–Crippen MR) is 74.2 cm³/mol. The first-order chi connectivity index (χ1) is 9.67. The molecule has 0 radical (unpaired) electrons. The number of nitrogens with zero attached hydrogens (tertiary/aromatic N) is 3. The molecular weight excluding hydrogens is 282 g/mol. The summed E-state index contributed by atoms with van der Waals surface area (Å²) < 4.78 is 12.0. The average molecular weight is 297 g/mol. The van der Waals surface area contributed by atoms with Crippen LogP contribution in [-0.2, 0) is 16.1 Å². The molecule has 0 aliphatic rings. The van der Waals surface area contributed by atoms with Crippen molar-refractivity contribution in [3.8, 4) is 5.88 Å². The zero-order valence-electron chi connectivity index (χ0n) is 11.2. The number of hydrogen-bond donors (Lipinski definition) is 2. The number of fused-ring (bicyclic) bond motifs is 1. The SMILES string of the molecule is COCCNC(=O)Cn1c(=S)[nH]c2c(OC)ncnc21. The molecule has 9 heteroatoms. The second kappa shape index (κ2) is 6.44. The first-order valence-corrected chi connectivity index (χ1v) is 6.31. The number of methoxy groups -OCH3 is 2. The van der Waals surface area contributed by atoms with Crippen LogP contribution in [0.15, 0.2) is 6.33 Å². The number of carbonyl (C=O) groups is 1. The minimum atomic E-state index is -0.170. The summed E-state index contributed by atoms with van der Waals surface area (Å²) in [4.78, 5) is 22.9. The van der Waals surface area contributed by atoms with E-state index in [4.69, 9.17) is 21.7 Å². The third kappa shape index (κ3) is 2.94. The molecule has 0 saturated carbocycles. The van der Waals surface area contributed by atoms with Gasteiger partial charge in [0.15, 0.2) is 10.4 Å². The number of nitrogens with one attached hydrogen (secondary N) is 2. The lowest BCUT2D eigenvalue weighted by molar-refractivity contribution is -0.121. The van der Waals surface area contributed by atoms with E-state index < -0.39 is 0 Å². The van der Waals surface area contributed by atoms with Gasteiger partial charge in [-0.05, 0) is 12.2 Å². The molecule has 2 aromatic heterocycles. The minimum absolute atomic E-state index is 0.0721. The molecule has 0 aromatic carbocycles. The third-order valence-electron chi connectivity index (χ3n) is 2.65. The van der Waals surface area contributed by atoms with Crippen molar-refractivity contribution in [2.24, 2.45) is 0 Å². The van der Waals surface area contributed by atoms with Gasteiger partial charge in [0.2, 0.25) is 11.8 Å². The maximum atomic E-state index is 11.8. The van der Waals surface area contributed by atoms with Crippen LogP contribution in [0.2, 0.25) is 0 Å². The van der Waals surface area contributed by atoms with E-state index in [1.54, 1.807) is 11.7 Å². The summed E-state index contributed by atoms with van der Waals surface area (Å²) in [6.45, 7) is 0.979. The van der Waals surface area contributed by atoms with E-state index in [0.717, 1.165) is 0 Å². The highest BCUT2D eigenvalue weighted by atomic mass is 32.1. The largest absolute Gasteiger partial charge is 0.479 e. The molecule has 0 aliphatic carbocycles. The van der Waals surface area contributed by atoms with Gasteiger partial charge in [0, 0.05) is 13.7 Å². The highest BCUT2D eigenvalue weighted by molar-refractivity contribution is 7.71.